The third kappa shape index (κ3) is 3.25. The molecule has 1 aromatic rings. The van der Waals surface area contributed by atoms with E-state index in [1.54, 1.807) is 0 Å². The molecule has 0 bridgehead atoms. The summed E-state index contributed by atoms with van der Waals surface area (Å²) >= 11 is 10.1. The van der Waals surface area contributed by atoms with Gasteiger partial charge in [0, 0.05) is 34.7 Å². The first-order chi connectivity index (χ1) is 9.97. The Hall–Kier alpha value is -0.250. The highest BCUT2D eigenvalue weighted by Gasteiger charge is 2.38. The van der Waals surface area contributed by atoms with Crippen LogP contribution in [0.2, 0.25) is 5.02 Å². The minimum Gasteiger partial charge on any atom is -0.364 e. The summed E-state index contributed by atoms with van der Waals surface area (Å²) in [5, 5.41) is 4.63. The quantitative estimate of drug-likeness (QED) is 0.833. The van der Waals surface area contributed by atoms with Crippen molar-refractivity contribution in [2.75, 3.05) is 18.0 Å². The average Bonchev–Trinajstić information content (AvgIpc) is 3.26. The molecule has 2 aliphatic rings. The van der Waals surface area contributed by atoms with Gasteiger partial charge < -0.3 is 10.2 Å². The van der Waals surface area contributed by atoms with Crippen molar-refractivity contribution in [1.82, 2.24) is 5.32 Å². The van der Waals surface area contributed by atoms with Crippen LogP contribution >= 0.6 is 27.5 Å². The smallest absolute Gasteiger partial charge is 0.0529 e. The maximum atomic E-state index is 6.38. The molecule has 1 heterocycles. The SMILES string of the molecule is Cc1cc(Br)c(N2CC(C3CC3)NCC2C(C)C)cc1Cl. The molecule has 0 aromatic heterocycles. The third-order valence-corrected chi connectivity index (χ3v) is 5.92. The summed E-state index contributed by atoms with van der Waals surface area (Å²) in [5.41, 5.74) is 2.37. The van der Waals surface area contributed by atoms with Crippen LogP contribution in [0.4, 0.5) is 5.69 Å². The standard InChI is InChI=1S/C17H24BrClN2/c1-10(2)17-8-20-15(12-4-5-12)9-21(17)16-7-14(19)11(3)6-13(16)18/h6-7,10,12,15,17,20H,4-5,8-9H2,1-3H3. The van der Waals surface area contributed by atoms with Crippen LogP contribution in [-0.4, -0.2) is 25.2 Å². The third-order valence-electron chi connectivity index (χ3n) is 4.88. The number of nitrogens with zero attached hydrogens (tertiary/aromatic N) is 1. The lowest BCUT2D eigenvalue weighted by molar-refractivity contribution is 0.320. The molecule has 1 saturated heterocycles. The summed E-state index contributed by atoms with van der Waals surface area (Å²) in [6.45, 7) is 8.82. The normalized spacial score (nSPS) is 26.5. The summed E-state index contributed by atoms with van der Waals surface area (Å²) in [4.78, 5) is 2.57. The summed E-state index contributed by atoms with van der Waals surface area (Å²) < 4.78 is 1.16. The second-order valence-corrected chi connectivity index (χ2v) is 8.13. The molecule has 0 amide bonds. The number of halogens is 2. The number of aryl methyl sites for hydroxylation is 1. The Labute approximate surface area is 141 Å². The number of anilines is 1. The van der Waals surface area contributed by atoms with Gasteiger partial charge in [-0.15, -0.1) is 0 Å². The van der Waals surface area contributed by atoms with Crippen LogP contribution in [0.1, 0.15) is 32.3 Å². The second-order valence-electron chi connectivity index (χ2n) is 6.87. The molecule has 2 fully saturated rings. The Bertz CT molecular complexity index is 528. The minimum atomic E-state index is 0.523. The van der Waals surface area contributed by atoms with Crippen molar-refractivity contribution >= 4 is 33.2 Å². The van der Waals surface area contributed by atoms with Gasteiger partial charge in [0.05, 0.1) is 5.69 Å². The largest absolute Gasteiger partial charge is 0.364 e. The zero-order chi connectivity index (χ0) is 15.1. The molecule has 116 valence electrons. The number of rotatable bonds is 3. The van der Waals surface area contributed by atoms with Crippen LogP contribution in [0, 0.1) is 18.8 Å². The highest BCUT2D eigenvalue weighted by Crippen LogP contribution is 2.39. The monoisotopic (exact) mass is 370 g/mol. The van der Waals surface area contributed by atoms with Crippen molar-refractivity contribution in [2.45, 2.75) is 45.7 Å². The van der Waals surface area contributed by atoms with Crippen LogP contribution in [0.5, 0.6) is 0 Å². The van der Waals surface area contributed by atoms with Crippen LogP contribution in [0.3, 0.4) is 0 Å². The number of nitrogens with one attached hydrogen (secondary N) is 1. The maximum absolute atomic E-state index is 6.38. The number of hydrogen-bond donors (Lipinski definition) is 1. The van der Waals surface area contributed by atoms with Crippen molar-refractivity contribution in [1.29, 1.82) is 0 Å². The molecule has 1 saturated carbocycles. The highest BCUT2D eigenvalue weighted by molar-refractivity contribution is 9.10. The lowest BCUT2D eigenvalue weighted by Crippen LogP contribution is -2.59. The average molecular weight is 372 g/mol. The lowest BCUT2D eigenvalue weighted by Gasteiger charge is -2.44. The highest BCUT2D eigenvalue weighted by atomic mass is 79.9. The summed E-state index contributed by atoms with van der Waals surface area (Å²) in [6, 6.07) is 5.43. The van der Waals surface area contributed by atoms with Gasteiger partial charge in [-0.3, -0.25) is 0 Å². The lowest BCUT2D eigenvalue weighted by atomic mass is 9.96. The van der Waals surface area contributed by atoms with Crippen LogP contribution in [-0.2, 0) is 0 Å². The summed E-state index contributed by atoms with van der Waals surface area (Å²) in [7, 11) is 0. The molecule has 3 rings (SSSR count). The first-order valence-electron chi connectivity index (χ1n) is 7.93. The molecule has 1 aliphatic carbocycles. The Balaban J connectivity index is 1.92. The Morgan fingerprint density at radius 1 is 1.33 bits per heavy atom. The van der Waals surface area contributed by atoms with Gasteiger partial charge in [0.25, 0.3) is 0 Å². The first kappa shape index (κ1) is 15.6. The molecule has 4 heteroatoms. The van der Waals surface area contributed by atoms with Gasteiger partial charge in [0.1, 0.15) is 0 Å². The molecular formula is C17H24BrClN2. The van der Waals surface area contributed by atoms with Gasteiger partial charge in [-0.2, -0.15) is 0 Å². The van der Waals surface area contributed by atoms with E-state index in [2.05, 4.69) is 59.1 Å². The maximum Gasteiger partial charge on any atom is 0.0529 e. The number of benzene rings is 1. The zero-order valence-electron chi connectivity index (χ0n) is 13.0. The van der Waals surface area contributed by atoms with Crippen LogP contribution in [0.15, 0.2) is 16.6 Å². The fraction of sp³-hybridized carbons (Fsp3) is 0.647. The van der Waals surface area contributed by atoms with Gasteiger partial charge in [0.15, 0.2) is 0 Å². The van der Waals surface area contributed by atoms with Gasteiger partial charge in [0.2, 0.25) is 0 Å². The molecule has 0 radical (unpaired) electrons. The van der Waals surface area contributed by atoms with Crippen molar-refractivity contribution in [3.63, 3.8) is 0 Å². The van der Waals surface area contributed by atoms with E-state index < -0.39 is 0 Å². The van der Waals surface area contributed by atoms with Gasteiger partial charge in [-0.25, -0.2) is 0 Å². The Kier molecular flexibility index (Phi) is 4.54. The van der Waals surface area contributed by atoms with E-state index in [0.29, 0.717) is 18.0 Å². The van der Waals surface area contributed by atoms with Crippen LogP contribution < -0.4 is 10.2 Å². The van der Waals surface area contributed by atoms with E-state index >= 15 is 0 Å². The van der Waals surface area contributed by atoms with E-state index in [0.717, 1.165) is 34.1 Å². The first-order valence-corrected chi connectivity index (χ1v) is 9.10. The second kappa shape index (κ2) is 6.10. The van der Waals surface area contributed by atoms with Crippen molar-refractivity contribution in [2.24, 2.45) is 11.8 Å². The Morgan fingerprint density at radius 2 is 2.05 bits per heavy atom. The molecule has 21 heavy (non-hydrogen) atoms. The van der Waals surface area contributed by atoms with Crippen molar-refractivity contribution in [3.8, 4) is 0 Å². The fourth-order valence-electron chi connectivity index (χ4n) is 3.34. The summed E-state index contributed by atoms with van der Waals surface area (Å²) in [6.07, 6.45) is 2.77. The van der Waals surface area contributed by atoms with E-state index in [-0.39, 0.29) is 0 Å². The van der Waals surface area contributed by atoms with E-state index in [1.807, 2.05) is 0 Å². The van der Waals surface area contributed by atoms with E-state index in [1.165, 1.54) is 18.5 Å². The minimum absolute atomic E-state index is 0.523. The van der Waals surface area contributed by atoms with Gasteiger partial charge in [-0.05, 0) is 65.2 Å². The van der Waals surface area contributed by atoms with Gasteiger partial charge in [-0.1, -0.05) is 25.4 Å². The summed E-state index contributed by atoms with van der Waals surface area (Å²) in [5.74, 6) is 1.49. The zero-order valence-corrected chi connectivity index (χ0v) is 15.3. The van der Waals surface area contributed by atoms with Gasteiger partial charge >= 0.3 is 0 Å². The fourth-order valence-corrected chi connectivity index (χ4v) is 4.18. The van der Waals surface area contributed by atoms with Crippen LogP contribution in [0.25, 0.3) is 0 Å². The molecular weight excluding hydrogens is 348 g/mol. The topological polar surface area (TPSA) is 15.3 Å². The molecule has 2 unspecified atom stereocenters. The van der Waals surface area contributed by atoms with Crippen molar-refractivity contribution in [3.05, 3.63) is 27.2 Å². The molecule has 2 nitrogen and oxygen atoms in total. The predicted molar refractivity (Wildman–Crippen MR) is 94.4 cm³/mol. The molecule has 1 aromatic carbocycles. The Morgan fingerprint density at radius 3 is 2.67 bits per heavy atom. The number of piperazine rings is 1. The van der Waals surface area contributed by atoms with E-state index in [4.69, 9.17) is 11.6 Å². The molecule has 2 atom stereocenters. The molecule has 1 aliphatic heterocycles. The van der Waals surface area contributed by atoms with E-state index in [9.17, 15) is 0 Å². The molecule has 1 N–H and O–H groups in total. The molecule has 0 spiro atoms. The number of hydrogen-bond acceptors (Lipinski definition) is 2. The predicted octanol–water partition coefficient (Wildman–Crippen LogP) is 4.62. The van der Waals surface area contributed by atoms with Crippen molar-refractivity contribution < 1.29 is 0 Å².